The Morgan fingerprint density at radius 2 is 2.00 bits per heavy atom. The van der Waals surface area contributed by atoms with Gasteiger partial charge in [-0.1, -0.05) is 0 Å². The SMILES string of the molecule is Cc1cc(N)c(S(=O)(=O)NCC2CSCCS2)cc1C. The van der Waals surface area contributed by atoms with Crippen LogP contribution in [0.3, 0.4) is 0 Å². The van der Waals surface area contributed by atoms with Crippen LogP contribution in [0.5, 0.6) is 0 Å². The van der Waals surface area contributed by atoms with Crippen LogP contribution in [0.15, 0.2) is 17.0 Å². The first kappa shape index (κ1) is 16.0. The van der Waals surface area contributed by atoms with E-state index in [-0.39, 0.29) is 4.90 Å². The molecule has 112 valence electrons. The standard InChI is InChI=1S/C13H20N2O2S3/c1-9-5-12(14)13(6-10(9)2)20(16,17)15-7-11-8-18-3-4-19-11/h5-6,11,15H,3-4,7-8,14H2,1-2H3. The number of nitrogens with two attached hydrogens (primary N) is 1. The fraction of sp³-hybridized carbons (Fsp3) is 0.538. The Balaban J connectivity index is 2.11. The molecule has 1 heterocycles. The van der Waals surface area contributed by atoms with E-state index in [4.69, 9.17) is 5.73 Å². The minimum absolute atomic E-state index is 0.189. The summed E-state index contributed by atoms with van der Waals surface area (Å²) in [6.45, 7) is 4.28. The third kappa shape index (κ3) is 3.84. The molecule has 3 N–H and O–H groups in total. The van der Waals surface area contributed by atoms with Crippen LogP contribution >= 0.6 is 23.5 Å². The Labute approximate surface area is 129 Å². The highest BCUT2D eigenvalue weighted by molar-refractivity contribution is 8.06. The molecule has 0 aromatic heterocycles. The van der Waals surface area contributed by atoms with Crippen LogP contribution in [-0.2, 0) is 10.0 Å². The second kappa shape index (κ2) is 6.60. The summed E-state index contributed by atoms with van der Waals surface area (Å²) in [7, 11) is -3.53. The van der Waals surface area contributed by atoms with Crippen LogP contribution in [0.2, 0.25) is 0 Å². The van der Waals surface area contributed by atoms with E-state index in [9.17, 15) is 8.42 Å². The Hall–Kier alpha value is -0.370. The molecule has 2 rings (SSSR count). The molecule has 1 fully saturated rings. The first-order valence-electron chi connectivity index (χ1n) is 6.46. The van der Waals surface area contributed by atoms with Crippen molar-refractivity contribution in [2.75, 3.05) is 29.5 Å². The molecule has 4 nitrogen and oxygen atoms in total. The van der Waals surface area contributed by atoms with Crippen molar-refractivity contribution in [1.29, 1.82) is 0 Å². The van der Waals surface area contributed by atoms with Crippen molar-refractivity contribution in [1.82, 2.24) is 4.72 Å². The van der Waals surface area contributed by atoms with E-state index in [2.05, 4.69) is 4.72 Å². The molecule has 0 aliphatic carbocycles. The second-order valence-electron chi connectivity index (χ2n) is 4.89. The molecular formula is C13H20N2O2S3. The molecule has 1 aliphatic rings. The number of aryl methyl sites for hydroxylation is 2. The van der Waals surface area contributed by atoms with Crippen LogP contribution in [0.1, 0.15) is 11.1 Å². The second-order valence-corrected chi connectivity index (χ2v) is 9.19. The molecule has 0 spiro atoms. The first-order valence-corrected chi connectivity index (χ1v) is 10.1. The largest absolute Gasteiger partial charge is 0.398 e. The lowest BCUT2D eigenvalue weighted by Crippen LogP contribution is -2.33. The number of hydrogen-bond donors (Lipinski definition) is 2. The van der Waals surface area contributed by atoms with E-state index in [1.165, 1.54) is 0 Å². The maximum Gasteiger partial charge on any atom is 0.242 e. The molecule has 1 unspecified atom stereocenters. The fourth-order valence-electron chi connectivity index (χ4n) is 1.98. The summed E-state index contributed by atoms with van der Waals surface area (Å²) in [4.78, 5) is 0.189. The summed E-state index contributed by atoms with van der Waals surface area (Å²) >= 11 is 3.71. The van der Waals surface area contributed by atoms with Gasteiger partial charge in [-0.2, -0.15) is 23.5 Å². The number of sulfonamides is 1. The summed E-state index contributed by atoms with van der Waals surface area (Å²) in [6, 6.07) is 3.37. The summed E-state index contributed by atoms with van der Waals surface area (Å²) in [5.74, 6) is 3.23. The van der Waals surface area contributed by atoms with E-state index < -0.39 is 10.0 Å². The smallest absolute Gasteiger partial charge is 0.242 e. The number of nitrogen functional groups attached to an aromatic ring is 1. The third-order valence-electron chi connectivity index (χ3n) is 3.30. The van der Waals surface area contributed by atoms with Crippen LogP contribution in [-0.4, -0.2) is 37.5 Å². The lowest BCUT2D eigenvalue weighted by molar-refractivity contribution is 0.582. The maximum atomic E-state index is 12.4. The highest BCUT2D eigenvalue weighted by Gasteiger charge is 2.21. The topological polar surface area (TPSA) is 72.2 Å². The predicted octanol–water partition coefficient (Wildman–Crippen LogP) is 2.01. The zero-order chi connectivity index (χ0) is 14.8. The van der Waals surface area contributed by atoms with Crippen molar-refractivity contribution in [3.8, 4) is 0 Å². The first-order chi connectivity index (χ1) is 9.40. The Morgan fingerprint density at radius 3 is 2.65 bits per heavy atom. The Bertz CT molecular complexity index is 582. The lowest BCUT2D eigenvalue weighted by atomic mass is 10.1. The van der Waals surface area contributed by atoms with Crippen LogP contribution < -0.4 is 10.5 Å². The predicted molar refractivity (Wildman–Crippen MR) is 89.1 cm³/mol. The van der Waals surface area contributed by atoms with Crippen molar-refractivity contribution in [2.24, 2.45) is 0 Å². The zero-order valence-corrected chi connectivity index (χ0v) is 14.1. The summed E-state index contributed by atoms with van der Waals surface area (Å²) < 4.78 is 27.4. The van der Waals surface area contributed by atoms with Gasteiger partial charge in [-0.05, 0) is 37.1 Å². The summed E-state index contributed by atoms with van der Waals surface area (Å²) in [6.07, 6.45) is 0. The molecule has 0 amide bonds. The monoisotopic (exact) mass is 332 g/mol. The molecule has 0 radical (unpaired) electrons. The van der Waals surface area contributed by atoms with E-state index in [0.29, 0.717) is 17.5 Å². The number of benzene rings is 1. The Morgan fingerprint density at radius 1 is 1.30 bits per heavy atom. The van der Waals surface area contributed by atoms with Crippen LogP contribution in [0.4, 0.5) is 5.69 Å². The third-order valence-corrected chi connectivity index (χ3v) is 7.63. The fourth-order valence-corrected chi connectivity index (χ4v) is 5.97. The van der Waals surface area contributed by atoms with E-state index in [1.807, 2.05) is 37.4 Å². The van der Waals surface area contributed by atoms with Gasteiger partial charge in [0, 0.05) is 29.1 Å². The van der Waals surface area contributed by atoms with Gasteiger partial charge in [0.25, 0.3) is 0 Å². The number of hydrogen-bond acceptors (Lipinski definition) is 5. The quantitative estimate of drug-likeness (QED) is 0.825. The minimum Gasteiger partial charge on any atom is -0.398 e. The number of anilines is 1. The van der Waals surface area contributed by atoms with E-state index >= 15 is 0 Å². The highest BCUT2D eigenvalue weighted by Crippen LogP contribution is 2.25. The number of rotatable bonds is 4. The maximum absolute atomic E-state index is 12.4. The average molecular weight is 333 g/mol. The molecule has 1 saturated heterocycles. The van der Waals surface area contributed by atoms with Crippen LogP contribution in [0.25, 0.3) is 0 Å². The van der Waals surface area contributed by atoms with Crippen molar-refractivity contribution in [3.63, 3.8) is 0 Å². The van der Waals surface area contributed by atoms with Gasteiger partial charge in [-0.3, -0.25) is 0 Å². The molecule has 1 atom stereocenters. The van der Waals surface area contributed by atoms with Crippen molar-refractivity contribution in [3.05, 3.63) is 23.3 Å². The molecule has 1 aromatic carbocycles. The normalized spacial score (nSPS) is 20.0. The van der Waals surface area contributed by atoms with Gasteiger partial charge in [0.1, 0.15) is 4.90 Å². The number of nitrogens with one attached hydrogen (secondary N) is 1. The van der Waals surface area contributed by atoms with Crippen molar-refractivity contribution < 1.29 is 8.42 Å². The van der Waals surface area contributed by atoms with E-state index in [0.717, 1.165) is 28.4 Å². The van der Waals surface area contributed by atoms with Gasteiger partial charge >= 0.3 is 0 Å². The minimum atomic E-state index is -3.53. The van der Waals surface area contributed by atoms with Crippen molar-refractivity contribution in [2.45, 2.75) is 24.0 Å². The molecule has 0 saturated carbocycles. The van der Waals surface area contributed by atoms with Gasteiger partial charge in [0.05, 0.1) is 5.69 Å². The van der Waals surface area contributed by atoms with Gasteiger partial charge in [-0.15, -0.1) is 0 Å². The Kier molecular flexibility index (Phi) is 5.28. The molecular weight excluding hydrogens is 312 g/mol. The van der Waals surface area contributed by atoms with Crippen LogP contribution in [0, 0.1) is 13.8 Å². The van der Waals surface area contributed by atoms with E-state index in [1.54, 1.807) is 12.1 Å². The summed E-state index contributed by atoms with van der Waals surface area (Å²) in [5, 5.41) is 0.344. The molecule has 0 bridgehead atoms. The van der Waals surface area contributed by atoms with Gasteiger partial charge < -0.3 is 5.73 Å². The zero-order valence-electron chi connectivity index (χ0n) is 11.7. The van der Waals surface area contributed by atoms with Gasteiger partial charge in [-0.25, -0.2) is 13.1 Å². The van der Waals surface area contributed by atoms with Crippen molar-refractivity contribution >= 4 is 39.2 Å². The van der Waals surface area contributed by atoms with Gasteiger partial charge in [0.2, 0.25) is 10.0 Å². The lowest BCUT2D eigenvalue weighted by Gasteiger charge is -2.21. The molecule has 7 heteroatoms. The summed E-state index contributed by atoms with van der Waals surface area (Å²) in [5.41, 5.74) is 8.10. The van der Waals surface area contributed by atoms with Gasteiger partial charge in [0.15, 0.2) is 0 Å². The molecule has 1 aromatic rings. The number of thioether (sulfide) groups is 2. The molecule has 1 aliphatic heterocycles. The molecule has 20 heavy (non-hydrogen) atoms. The average Bonchev–Trinajstić information content (AvgIpc) is 2.42. The highest BCUT2D eigenvalue weighted by atomic mass is 32.2.